The molecule has 0 N–H and O–H groups in total. The van der Waals surface area contributed by atoms with Crippen LogP contribution in [0.4, 0.5) is 10.1 Å². The number of benzene rings is 1. The number of hydrogen-bond acceptors (Lipinski definition) is 2. The summed E-state index contributed by atoms with van der Waals surface area (Å²) in [5.41, 5.74) is 1.24. The smallest absolute Gasteiger partial charge is 0.146 e. The number of Topliss-reactive ketones (excluding diaryl/α,β-unsaturated/α-hetero) is 1. The van der Waals surface area contributed by atoms with Crippen molar-refractivity contribution in [2.45, 2.75) is 13.3 Å². The van der Waals surface area contributed by atoms with E-state index in [0.717, 1.165) is 5.56 Å². The third kappa shape index (κ3) is 2.31. The average Bonchev–Trinajstić information content (AvgIpc) is 2.01. The fourth-order valence-electron chi connectivity index (χ4n) is 1.47. The number of ketones is 1. The standard InChI is InChI=1S/C11H14FNO/c1-8(14)7-9-5-4-6-10(12)11(9)13(2)3/h4-6H,7H2,1-3H3. The molecule has 0 bridgehead atoms. The zero-order valence-corrected chi connectivity index (χ0v) is 8.67. The van der Waals surface area contributed by atoms with Gasteiger partial charge in [-0.25, -0.2) is 4.39 Å². The molecule has 1 aromatic rings. The van der Waals surface area contributed by atoms with Gasteiger partial charge in [-0.3, -0.25) is 4.79 Å². The summed E-state index contributed by atoms with van der Waals surface area (Å²) >= 11 is 0. The van der Waals surface area contributed by atoms with Crippen LogP contribution in [0.25, 0.3) is 0 Å². The van der Waals surface area contributed by atoms with Crippen molar-refractivity contribution >= 4 is 11.5 Å². The van der Waals surface area contributed by atoms with Gasteiger partial charge in [-0.15, -0.1) is 0 Å². The Labute approximate surface area is 83.3 Å². The maximum absolute atomic E-state index is 13.4. The van der Waals surface area contributed by atoms with E-state index in [1.807, 2.05) is 0 Å². The average molecular weight is 195 g/mol. The molecule has 0 aromatic heterocycles. The largest absolute Gasteiger partial charge is 0.375 e. The Balaban J connectivity index is 3.14. The highest BCUT2D eigenvalue weighted by molar-refractivity contribution is 5.80. The number of nitrogens with zero attached hydrogens (tertiary/aromatic N) is 1. The second kappa shape index (κ2) is 4.22. The first-order valence-corrected chi connectivity index (χ1v) is 4.46. The third-order valence-electron chi connectivity index (χ3n) is 1.96. The van der Waals surface area contributed by atoms with Crippen LogP contribution in [0.1, 0.15) is 12.5 Å². The van der Waals surface area contributed by atoms with Crippen LogP contribution < -0.4 is 4.90 Å². The predicted molar refractivity (Wildman–Crippen MR) is 55.1 cm³/mol. The number of carbonyl (C=O) groups is 1. The first-order chi connectivity index (χ1) is 6.52. The van der Waals surface area contributed by atoms with E-state index in [0.29, 0.717) is 5.69 Å². The summed E-state index contributed by atoms with van der Waals surface area (Å²) in [6, 6.07) is 4.80. The first-order valence-electron chi connectivity index (χ1n) is 4.46. The molecule has 0 saturated carbocycles. The molecule has 3 heteroatoms. The van der Waals surface area contributed by atoms with Gasteiger partial charge in [0, 0.05) is 20.5 Å². The van der Waals surface area contributed by atoms with Gasteiger partial charge in [0.2, 0.25) is 0 Å². The molecule has 14 heavy (non-hydrogen) atoms. The van der Waals surface area contributed by atoms with E-state index < -0.39 is 0 Å². The molecule has 0 fully saturated rings. The van der Waals surface area contributed by atoms with Gasteiger partial charge < -0.3 is 4.90 Å². The van der Waals surface area contributed by atoms with Crippen molar-refractivity contribution in [3.63, 3.8) is 0 Å². The minimum atomic E-state index is -0.284. The highest BCUT2D eigenvalue weighted by Gasteiger charge is 2.11. The molecule has 1 rings (SSSR count). The highest BCUT2D eigenvalue weighted by Crippen LogP contribution is 2.22. The van der Waals surface area contributed by atoms with Crippen LogP contribution in [0.5, 0.6) is 0 Å². The Morgan fingerprint density at radius 1 is 1.43 bits per heavy atom. The molecule has 0 saturated heterocycles. The molecule has 0 aliphatic carbocycles. The van der Waals surface area contributed by atoms with Crippen LogP contribution in [0.3, 0.4) is 0 Å². The van der Waals surface area contributed by atoms with E-state index >= 15 is 0 Å². The molecule has 0 spiro atoms. The fourth-order valence-corrected chi connectivity index (χ4v) is 1.47. The number of hydrogen-bond donors (Lipinski definition) is 0. The van der Waals surface area contributed by atoms with Crippen LogP contribution in [-0.2, 0) is 11.2 Å². The Morgan fingerprint density at radius 3 is 2.57 bits per heavy atom. The molecular weight excluding hydrogens is 181 g/mol. The van der Waals surface area contributed by atoms with Crippen molar-refractivity contribution in [1.82, 2.24) is 0 Å². The molecule has 0 unspecified atom stereocenters. The van der Waals surface area contributed by atoms with Crippen molar-refractivity contribution in [1.29, 1.82) is 0 Å². The summed E-state index contributed by atoms with van der Waals surface area (Å²) in [5, 5.41) is 0. The van der Waals surface area contributed by atoms with E-state index in [9.17, 15) is 9.18 Å². The van der Waals surface area contributed by atoms with Gasteiger partial charge in [0.15, 0.2) is 0 Å². The van der Waals surface area contributed by atoms with Gasteiger partial charge in [0.1, 0.15) is 11.6 Å². The molecule has 76 valence electrons. The maximum atomic E-state index is 13.4. The lowest BCUT2D eigenvalue weighted by atomic mass is 10.1. The van der Waals surface area contributed by atoms with Gasteiger partial charge in [0.25, 0.3) is 0 Å². The topological polar surface area (TPSA) is 20.3 Å². The summed E-state index contributed by atoms with van der Waals surface area (Å²) in [6.07, 6.45) is 0.283. The number of anilines is 1. The second-order valence-corrected chi connectivity index (χ2v) is 3.52. The Hall–Kier alpha value is -1.38. The van der Waals surface area contributed by atoms with Crippen LogP contribution in [0.15, 0.2) is 18.2 Å². The predicted octanol–water partition coefficient (Wildman–Crippen LogP) is 2.02. The van der Waals surface area contributed by atoms with Gasteiger partial charge in [-0.1, -0.05) is 12.1 Å². The van der Waals surface area contributed by atoms with Crippen molar-refractivity contribution < 1.29 is 9.18 Å². The molecule has 0 amide bonds. The Kier molecular flexibility index (Phi) is 3.23. The number of halogens is 1. The molecule has 0 heterocycles. The van der Waals surface area contributed by atoms with Crippen LogP contribution in [0.2, 0.25) is 0 Å². The van der Waals surface area contributed by atoms with Crippen molar-refractivity contribution in [3.8, 4) is 0 Å². The summed E-state index contributed by atoms with van der Waals surface area (Å²) in [4.78, 5) is 12.6. The highest BCUT2D eigenvalue weighted by atomic mass is 19.1. The summed E-state index contributed by atoms with van der Waals surface area (Å²) in [5.74, 6) is -0.243. The Bertz CT molecular complexity index is 347. The normalized spacial score (nSPS) is 10.0. The summed E-state index contributed by atoms with van der Waals surface area (Å²) < 4.78 is 13.4. The zero-order valence-electron chi connectivity index (χ0n) is 8.67. The van der Waals surface area contributed by atoms with Crippen LogP contribution in [-0.4, -0.2) is 19.9 Å². The third-order valence-corrected chi connectivity index (χ3v) is 1.96. The minimum Gasteiger partial charge on any atom is -0.375 e. The van der Waals surface area contributed by atoms with E-state index in [2.05, 4.69) is 0 Å². The zero-order chi connectivity index (χ0) is 10.7. The molecule has 0 aliphatic heterocycles. The van der Waals surface area contributed by atoms with E-state index in [1.165, 1.54) is 13.0 Å². The lowest BCUT2D eigenvalue weighted by molar-refractivity contribution is -0.116. The number of rotatable bonds is 3. The monoisotopic (exact) mass is 195 g/mol. The maximum Gasteiger partial charge on any atom is 0.146 e. The minimum absolute atomic E-state index is 0.0405. The van der Waals surface area contributed by atoms with E-state index in [1.54, 1.807) is 31.1 Å². The van der Waals surface area contributed by atoms with Gasteiger partial charge in [-0.05, 0) is 18.6 Å². The lowest BCUT2D eigenvalue weighted by Crippen LogP contribution is -2.14. The lowest BCUT2D eigenvalue weighted by Gasteiger charge is -2.17. The van der Waals surface area contributed by atoms with E-state index in [-0.39, 0.29) is 18.0 Å². The quantitative estimate of drug-likeness (QED) is 0.735. The Morgan fingerprint density at radius 2 is 2.07 bits per heavy atom. The van der Waals surface area contributed by atoms with Gasteiger partial charge in [0.05, 0.1) is 5.69 Å². The van der Waals surface area contributed by atoms with Crippen LogP contribution >= 0.6 is 0 Å². The van der Waals surface area contributed by atoms with Gasteiger partial charge in [-0.2, -0.15) is 0 Å². The van der Waals surface area contributed by atoms with E-state index in [4.69, 9.17) is 0 Å². The first kappa shape index (κ1) is 10.7. The molecule has 0 atom stereocenters. The number of carbonyl (C=O) groups excluding carboxylic acids is 1. The fraction of sp³-hybridized carbons (Fsp3) is 0.364. The molecule has 0 radical (unpaired) electrons. The van der Waals surface area contributed by atoms with Gasteiger partial charge >= 0.3 is 0 Å². The number of para-hydroxylation sites is 1. The molecule has 1 aromatic carbocycles. The summed E-state index contributed by atoms with van der Waals surface area (Å²) in [6.45, 7) is 1.50. The van der Waals surface area contributed by atoms with Crippen molar-refractivity contribution in [2.24, 2.45) is 0 Å². The molecular formula is C11H14FNO. The van der Waals surface area contributed by atoms with Crippen molar-refractivity contribution in [3.05, 3.63) is 29.6 Å². The molecule has 2 nitrogen and oxygen atoms in total. The summed E-state index contributed by atoms with van der Waals surface area (Å²) in [7, 11) is 3.53. The molecule has 0 aliphatic rings. The van der Waals surface area contributed by atoms with Crippen molar-refractivity contribution in [2.75, 3.05) is 19.0 Å². The second-order valence-electron chi connectivity index (χ2n) is 3.52. The van der Waals surface area contributed by atoms with Crippen LogP contribution in [0, 0.1) is 5.82 Å². The SMILES string of the molecule is CC(=O)Cc1cccc(F)c1N(C)C.